The van der Waals surface area contributed by atoms with Gasteiger partial charge in [0.05, 0.1) is 0 Å². The van der Waals surface area contributed by atoms with Gasteiger partial charge < -0.3 is 5.32 Å². The molecule has 2 aliphatic carbocycles. The Labute approximate surface area is 101 Å². The third-order valence-corrected chi connectivity index (χ3v) is 4.76. The van der Waals surface area contributed by atoms with Crippen LogP contribution in [0.2, 0.25) is 0 Å². The minimum atomic E-state index is 0.858. The van der Waals surface area contributed by atoms with Gasteiger partial charge in [-0.1, -0.05) is 45.4 Å². The summed E-state index contributed by atoms with van der Waals surface area (Å²) in [7, 11) is 0. The predicted octanol–water partition coefficient (Wildman–Crippen LogP) is 4.13. The molecule has 1 nitrogen and oxygen atoms in total. The maximum atomic E-state index is 3.80. The van der Waals surface area contributed by atoms with Crippen molar-refractivity contribution >= 4 is 0 Å². The van der Waals surface area contributed by atoms with E-state index in [9.17, 15) is 0 Å². The van der Waals surface area contributed by atoms with E-state index in [2.05, 4.69) is 12.2 Å². The summed E-state index contributed by atoms with van der Waals surface area (Å²) in [4.78, 5) is 0. The van der Waals surface area contributed by atoms with Crippen LogP contribution in [0.5, 0.6) is 0 Å². The van der Waals surface area contributed by atoms with Crippen LogP contribution in [0.4, 0.5) is 0 Å². The van der Waals surface area contributed by atoms with Gasteiger partial charge in [0.1, 0.15) is 0 Å². The van der Waals surface area contributed by atoms with E-state index in [4.69, 9.17) is 0 Å². The first-order chi connectivity index (χ1) is 7.92. The van der Waals surface area contributed by atoms with Gasteiger partial charge in [0, 0.05) is 6.04 Å². The lowest BCUT2D eigenvalue weighted by molar-refractivity contribution is 0.155. The topological polar surface area (TPSA) is 12.0 Å². The minimum Gasteiger partial charge on any atom is -0.314 e. The zero-order chi connectivity index (χ0) is 11.2. The molecule has 2 fully saturated rings. The van der Waals surface area contributed by atoms with E-state index in [1.165, 1.54) is 64.2 Å². The van der Waals surface area contributed by atoms with E-state index in [1.54, 1.807) is 0 Å². The van der Waals surface area contributed by atoms with E-state index < -0.39 is 0 Å². The molecule has 2 rings (SSSR count). The average molecular weight is 223 g/mol. The van der Waals surface area contributed by atoms with Gasteiger partial charge in [0.25, 0.3) is 0 Å². The van der Waals surface area contributed by atoms with Gasteiger partial charge in [-0.25, -0.2) is 0 Å². The Balaban J connectivity index is 1.87. The van der Waals surface area contributed by atoms with Crippen molar-refractivity contribution < 1.29 is 0 Å². The Morgan fingerprint density at radius 2 is 1.31 bits per heavy atom. The van der Waals surface area contributed by atoms with E-state index in [0.717, 1.165) is 24.4 Å². The molecule has 0 saturated heterocycles. The number of rotatable bonds is 4. The molecule has 0 aliphatic heterocycles. The van der Waals surface area contributed by atoms with Crippen molar-refractivity contribution in [2.45, 2.75) is 77.2 Å². The highest BCUT2D eigenvalue weighted by molar-refractivity contribution is 4.88. The molecule has 16 heavy (non-hydrogen) atoms. The first kappa shape index (κ1) is 12.4. The molecule has 1 unspecified atom stereocenters. The smallest absolute Gasteiger partial charge is 0.0123 e. The number of hydrogen-bond acceptors (Lipinski definition) is 1. The van der Waals surface area contributed by atoms with Crippen LogP contribution in [0.1, 0.15) is 71.1 Å². The Bertz CT molecular complexity index is 178. The highest BCUT2D eigenvalue weighted by atomic mass is 14.9. The van der Waals surface area contributed by atoms with Crippen LogP contribution >= 0.6 is 0 Å². The minimum absolute atomic E-state index is 0.858. The Morgan fingerprint density at radius 3 is 1.75 bits per heavy atom. The van der Waals surface area contributed by atoms with Gasteiger partial charge in [-0.2, -0.15) is 0 Å². The molecular formula is C15H29N. The maximum absolute atomic E-state index is 3.80. The molecule has 0 aromatic carbocycles. The molecule has 2 saturated carbocycles. The summed E-state index contributed by atoms with van der Waals surface area (Å²) in [6, 6.07) is 0.858. The summed E-state index contributed by atoms with van der Waals surface area (Å²) in [5.74, 6) is 2.01. The first-order valence-electron chi connectivity index (χ1n) is 7.65. The Morgan fingerprint density at radius 1 is 0.812 bits per heavy atom. The second-order valence-corrected chi connectivity index (χ2v) is 5.88. The van der Waals surface area contributed by atoms with Crippen molar-refractivity contribution in [1.29, 1.82) is 0 Å². The molecule has 94 valence electrons. The molecule has 0 aromatic heterocycles. The summed E-state index contributed by atoms with van der Waals surface area (Å²) in [5, 5.41) is 3.80. The maximum Gasteiger partial charge on any atom is 0.0123 e. The summed E-state index contributed by atoms with van der Waals surface area (Å²) in [6.45, 7) is 3.44. The number of hydrogen-bond donors (Lipinski definition) is 1. The van der Waals surface area contributed by atoms with Crippen LogP contribution in [-0.2, 0) is 0 Å². The lowest BCUT2D eigenvalue weighted by Crippen LogP contribution is -2.45. The van der Waals surface area contributed by atoms with E-state index in [-0.39, 0.29) is 0 Å². The quantitative estimate of drug-likeness (QED) is 0.756. The highest BCUT2D eigenvalue weighted by Crippen LogP contribution is 2.36. The van der Waals surface area contributed by atoms with Crippen LogP contribution in [-0.4, -0.2) is 12.6 Å². The van der Waals surface area contributed by atoms with Crippen LogP contribution in [0.25, 0.3) is 0 Å². The van der Waals surface area contributed by atoms with Crippen LogP contribution in [0, 0.1) is 11.8 Å². The normalized spacial score (nSPS) is 26.8. The fourth-order valence-electron chi connectivity index (χ4n) is 3.60. The molecule has 0 aromatic rings. The molecule has 1 atom stereocenters. The van der Waals surface area contributed by atoms with E-state index >= 15 is 0 Å². The number of nitrogens with one attached hydrogen (secondary N) is 1. The Hall–Kier alpha value is -0.0400. The van der Waals surface area contributed by atoms with Crippen molar-refractivity contribution in [2.24, 2.45) is 11.8 Å². The molecule has 0 spiro atoms. The third kappa shape index (κ3) is 3.23. The van der Waals surface area contributed by atoms with Crippen molar-refractivity contribution in [3.63, 3.8) is 0 Å². The van der Waals surface area contributed by atoms with Gasteiger partial charge >= 0.3 is 0 Å². The SMILES string of the molecule is CCNC(C1CCCCCCC1)C1CCC1. The van der Waals surface area contributed by atoms with Gasteiger partial charge in [-0.05, 0) is 44.1 Å². The van der Waals surface area contributed by atoms with Crippen molar-refractivity contribution in [1.82, 2.24) is 5.32 Å². The zero-order valence-electron chi connectivity index (χ0n) is 11.0. The summed E-state index contributed by atoms with van der Waals surface area (Å²) >= 11 is 0. The largest absolute Gasteiger partial charge is 0.314 e. The highest BCUT2D eigenvalue weighted by Gasteiger charge is 2.32. The molecule has 0 amide bonds. The van der Waals surface area contributed by atoms with Crippen molar-refractivity contribution in [3.05, 3.63) is 0 Å². The Kier molecular flexibility index (Phi) is 5.15. The summed E-state index contributed by atoms with van der Waals surface area (Å²) in [5.41, 5.74) is 0. The summed E-state index contributed by atoms with van der Waals surface area (Å²) in [6.07, 6.45) is 14.9. The van der Waals surface area contributed by atoms with Crippen LogP contribution < -0.4 is 5.32 Å². The lowest BCUT2D eigenvalue weighted by Gasteiger charge is -2.40. The molecule has 0 heterocycles. The molecule has 0 bridgehead atoms. The molecule has 1 heteroatoms. The summed E-state index contributed by atoms with van der Waals surface area (Å²) < 4.78 is 0. The molecular weight excluding hydrogens is 194 g/mol. The van der Waals surface area contributed by atoms with Crippen LogP contribution in [0.3, 0.4) is 0 Å². The fraction of sp³-hybridized carbons (Fsp3) is 1.00. The van der Waals surface area contributed by atoms with Gasteiger partial charge in [-0.15, -0.1) is 0 Å². The van der Waals surface area contributed by atoms with Crippen molar-refractivity contribution in [2.75, 3.05) is 6.54 Å². The molecule has 1 N–H and O–H groups in total. The second kappa shape index (κ2) is 6.64. The van der Waals surface area contributed by atoms with E-state index in [1.807, 2.05) is 0 Å². The van der Waals surface area contributed by atoms with Gasteiger partial charge in [0.15, 0.2) is 0 Å². The average Bonchev–Trinajstić information content (AvgIpc) is 2.14. The van der Waals surface area contributed by atoms with Gasteiger partial charge in [-0.3, -0.25) is 0 Å². The zero-order valence-corrected chi connectivity index (χ0v) is 11.0. The monoisotopic (exact) mass is 223 g/mol. The molecule has 0 radical (unpaired) electrons. The van der Waals surface area contributed by atoms with Gasteiger partial charge in [0.2, 0.25) is 0 Å². The third-order valence-electron chi connectivity index (χ3n) is 4.76. The van der Waals surface area contributed by atoms with Crippen LogP contribution in [0.15, 0.2) is 0 Å². The molecule has 2 aliphatic rings. The van der Waals surface area contributed by atoms with E-state index in [0.29, 0.717) is 0 Å². The standard InChI is InChI=1S/C15H29N/c1-2-16-15(14-11-8-12-14)13-9-6-4-3-5-7-10-13/h13-16H,2-12H2,1H3. The first-order valence-corrected chi connectivity index (χ1v) is 7.65. The lowest BCUT2D eigenvalue weighted by atomic mass is 9.72. The second-order valence-electron chi connectivity index (χ2n) is 5.88. The van der Waals surface area contributed by atoms with Crippen molar-refractivity contribution in [3.8, 4) is 0 Å². The predicted molar refractivity (Wildman–Crippen MR) is 70.6 cm³/mol. The fourth-order valence-corrected chi connectivity index (χ4v) is 3.60.